The Labute approximate surface area is 66.2 Å². The monoisotopic (exact) mass is 155 g/mol. The van der Waals surface area contributed by atoms with Gasteiger partial charge in [0.1, 0.15) is 0 Å². The van der Waals surface area contributed by atoms with Gasteiger partial charge in [-0.15, -0.1) is 0 Å². The zero-order chi connectivity index (χ0) is 8.69. The predicted octanol–water partition coefficient (Wildman–Crippen LogP) is 1.79. The van der Waals surface area contributed by atoms with E-state index in [0.29, 0.717) is 0 Å². The van der Waals surface area contributed by atoms with Crippen LogP contribution in [0.4, 0.5) is 0 Å². The molecule has 4 heteroatoms. The average Bonchev–Trinajstić information content (AvgIpc) is 1.87. The summed E-state index contributed by atoms with van der Waals surface area (Å²) in [5, 5.41) is 2.75. The fourth-order valence-electron chi connectivity index (χ4n) is 0.778. The highest BCUT2D eigenvalue weighted by Gasteiger charge is 1.94. The second kappa shape index (κ2) is 5.58. The molecule has 0 unspecified atom stereocenters. The summed E-state index contributed by atoms with van der Waals surface area (Å²) in [6.07, 6.45) is 3.39. The van der Waals surface area contributed by atoms with Crippen LogP contribution in [0.3, 0.4) is 0 Å². The van der Waals surface area contributed by atoms with Crippen molar-refractivity contribution in [2.24, 2.45) is 5.22 Å². The molecule has 0 heterocycles. The molecule has 11 heavy (non-hydrogen) atoms. The number of hydrogen-bond acceptors (Lipinski definition) is 3. The first-order valence-corrected chi connectivity index (χ1v) is 3.54. The molecule has 0 bridgehead atoms. The summed E-state index contributed by atoms with van der Waals surface area (Å²) < 4.78 is 0. The van der Waals surface area contributed by atoms with Gasteiger partial charge in [-0.3, -0.25) is 4.79 Å². The molecular weight excluding hydrogens is 142 g/mol. The molecule has 4 nitrogen and oxygen atoms in total. The fraction of sp³-hybridized carbons (Fsp3) is 0.571. The largest absolute Gasteiger partial charge is 0.268 e. The summed E-state index contributed by atoms with van der Waals surface area (Å²) in [6, 6.07) is 0. The Bertz CT molecular complexity index is 175. The molecule has 62 valence electrons. The summed E-state index contributed by atoms with van der Waals surface area (Å²) in [6.45, 7) is 3.93. The second-order valence-corrected chi connectivity index (χ2v) is 2.33. The standard InChI is InChI=1S/C7H13N3O/c1-3-4-6(2)5-7(11)9-10-8/h5H,3-4H2,1-2H3,(H2,8,9,11)/b6-5+. The van der Waals surface area contributed by atoms with Crippen molar-refractivity contribution in [3.05, 3.63) is 11.6 Å². The number of allylic oxidation sites excluding steroid dienone is 1. The summed E-state index contributed by atoms with van der Waals surface area (Å²) in [7, 11) is 0. The number of hydrogen-bond donors (Lipinski definition) is 2. The van der Waals surface area contributed by atoms with E-state index in [1.54, 1.807) is 0 Å². The highest BCUT2D eigenvalue weighted by atomic mass is 16.2. The molecule has 0 aliphatic heterocycles. The average molecular weight is 155 g/mol. The molecule has 0 atom stereocenters. The highest BCUT2D eigenvalue weighted by molar-refractivity contribution is 5.87. The summed E-state index contributed by atoms with van der Waals surface area (Å²) >= 11 is 0. The van der Waals surface area contributed by atoms with Crippen molar-refractivity contribution < 1.29 is 4.79 Å². The van der Waals surface area contributed by atoms with Gasteiger partial charge < -0.3 is 0 Å². The lowest BCUT2D eigenvalue weighted by Gasteiger charge is -1.95. The van der Waals surface area contributed by atoms with Crippen LogP contribution in [0.1, 0.15) is 26.7 Å². The van der Waals surface area contributed by atoms with Crippen LogP contribution in [-0.2, 0) is 4.79 Å². The van der Waals surface area contributed by atoms with Crippen molar-refractivity contribution in [3.63, 3.8) is 0 Å². The van der Waals surface area contributed by atoms with Crippen molar-refractivity contribution >= 4 is 5.91 Å². The number of nitrogens with one attached hydrogen (secondary N) is 2. The number of rotatable bonds is 4. The Morgan fingerprint density at radius 2 is 2.36 bits per heavy atom. The van der Waals surface area contributed by atoms with Crippen LogP contribution in [-0.4, -0.2) is 5.91 Å². The lowest BCUT2D eigenvalue weighted by molar-refractivity contribution is -0.116. The Morgan fingerprint density at radius 3 is 2.82 bits per heavy atom. The fourth-order valence-corrected chi connectivity index (χ4v) is 0.778. The van der Waals surface area contributed by atoms with Gasteiger partial charge in [-0.2, -0.15) is 5.53 Å². The third-order valence-corrected chi connectivity index (χ3v) is 1.19. The first kappa shape index (κ1) is 9.81. The number of amides is 1. The van der Waals surface area contributed by atoms with E-state index >= 15 is 0 Å². The summed E-state index contributed by atoms with van der Waals surface area (Å²) in [5.74, 6) is -0.328. The van der Waals surface area contributed by atoms with Gasteiger partial charge in [0.25, 0.3) is 5.91 Å². The van der Waals surface area contributed by atoms with E-state index in [9.17, 15) is 4.79 Å². The maximum absolute atomic E-state index is 10.7. The van der Waals surface area contributed by atoms with Crippen LogP contribution in [0.25, 0.3) is 0 Å². The third-order valence-electron chi connectivity index (χ3n) is 1.19. The van der Waals surface area contributed by atoms with Gasteiger partial charge in [0, 0.05) is 6.08 Å². The van der Waals surface area contributed by atoms with Gasteiger partial charge in [-0.25, -0.2) is 5.43 Å². The van der Waals surface area contributed by atoms with Crippen LogP contribution in [0, 0.1) is 5.53 Å². The van der Waals surface area contributed by atoms with Gasteiger partial charge in [0.05, 0.1) is 0 Å². The van der Waals surface area contributed by atoms with Crippen molar-refractivity contribution in [2.45, 2.75) is 26.7 Å². The van der Waals surface area contributed by atoms with Gasteiger partial charge in [0.15, 0.2) is 0 Å². The van der Waals surface area contributed by atoms with Gasteiger partial charge >= 0.3 is 0 Å². The lowest BCUT2D eigenvalue weighted by Crippen LogP contribution is -2.13. The van der Waals surface area contributed by atoms with E-state index in [1.165, 1.54) is 6.08 Å². The van der Waals surface area contributed by atoms with Crippen LogP contribution in [0.5, 0.6) is 0 Å². The van der Waals surface area contributed by atoms with E-state index in [-0.39, 0.29) is 5.91 Å². The maximum Gasteiger partial charge on any atom is 0.265 e. The van der Waals surface area contributed by atoms with E-state index in [0.717, 1.165) is 18.4 Å². The molecule has 0 aromatic carbocycles. The SMILES string of the molecule is CCC/C(C)=C/C(=O)NN=N. The van der Waals surface area contributed by atoms with Crippen LogP contribution in [0.15, 0.2) is 16.9 Å². The van der Waals surface area contributed by atoms with Gasteiger partial charge in [-0.1, -0.05) is 24.1 Å². The third kappa shape index (κ3) is 5.26. The lowest BCUT2D eigenvalue weighted by atomic mass is 10.2. The molecule has 0 rings (SSSR count). The Morgan fingerprint density at radius 1 is 1.73 bits per heavy atom. The Hall–Kier alpha value is -1.19. The molecule has 0 radical (unpaired) electrons. The molecule has 0 saturated heterocycles. The molecule has 0 aromatic rings. The molecule has 2 N–H and O–H groups in total. The molecule has 1 amide bonds. The van der Waals surface area contributed by atoms with E-state index < -0.39 is 0 Å². The number of carbonyl (C=O) groups is 1. The predicted molar refractivity (Wildman–Crippen MR) is 42.0 cm³/mol. The van der Waals surface area contributed by atoms with Crippen molar-refractivity contribution in [2.75, 3.05) is 0 Å². The van der Waals surface area contributed by atoms with Gasteiger partial charge in [-0.05, 0) is 13.3 Å². The molecule has 0 spiro atoms. The minimum atomic E-state index is -0.328. The molecule has 0 saturated carbocycles. The van der Waals surface area contributed by atoms with Gasteiger partial charge in [0.2, 0.25) is 0 Å². The summed E-state index contributed by atoms with van der Waals surface area (Å²) in [5.41, 5.74) is 9.36. The molecular formula is C7H13N3O. The van der Waals surface area contributed by atoms with Crippen molar-refractivity contribution in [1.29, 1.82) is 5.53 Å². The minimum Gasteiger partial charge on any atom is -0.268 e. The quantitative estimate of drug-likeness (QED) is 0.363. The van der Waals surface area contributed by atoms with Crippen LogP contribution in [0.2, 0.25) is 0 Å². The van der Waals surface area contributed by atoms with Crippen molar-refractivity contribution in [3.8, 4) is 0 Å². The van der Waals surface area contributed by atoms with E-state index in [2.05, 4.69) is 5.22 Å². The smallest absolute Gasteiger partial charge is 0.265 e. The van der Waals surface area contributed by atoms with Crippen LogP contribution >= 0.6 is 0 Å². The molecule has 0 aliphatic rings. The number of carbonyl (C=O) groups excluding carboxylic acids is 1. The summed E-state index contributed by atoms with van der Waals surface area (Å²) in [4.78, 5) is 10.7. The maximum atomic E-state index is 10.7. The van der Waals surface area contributed by atoms with E-state index in [1.807, 2.05) is 19.3 Å². The van der Waals surface area contributed by atoms with Crippen molar-refractivity contribution in [1.82, 2.24) is 5.43 Å². The zero-order valence-electron chi connectivity index (χ0n) is 6.85. The molecule has 0 aromatic heterocycles. The number of nitrogens with zero attached hydrogens (tertiary/aromatic N) is 1. The highest BCUT2D eigenvalue weighted by Crippen LogP contribution is 2.01. The molecule has 0 fully saturated rings. The topological polar surface area (TPSA) is 65.3 Å². The van der Waals surface area contributed by atoms with E-state index in [4.69, 9.17) is 5.53 Å². The first-order chi connectivity index (χ1) is 5.20. The Kier molecular flexibility index (Phi) is 4.98. The second-order valence-electron chi connectivity index (χ2n) is 2.33. The molecule has 0 aliphatic carbocycles. The minimum absolute atomic E-state index is 0.328. The normalized spacial score (nSPS) is 10.9. The van der Waals surface area contributed by atoms with Crippen LogP contribution < -0.4 is 5.43 Å². The first-order valence-electron chi connectivity index (χ1n) is 3.54. The Balaban J connectivity index is 3.85. The zero-order valence-corrected chi connectivity index (χ0v) is 6.85.